The van der Waals surface area contributed by atoms with Gasteiger partial charge in [0.1, 0.15) is 5.69 Å². The molecular formula is C13H18BrN3O. The second-order valence-corrected chi connectivity index (χ2v) is 5.64. The number of pyridine rings is 1. The third-order valence-electron chi connectivity index (χ3n) is 3.50. The quantitative estimate of drug-likeness (QED) is 0.894. The van der Waals surface area contributed by atoms with Gasteiger partial charge in [0.15, 0.2) is 0 Å². The molecule has 1 fully saturated rings. The molecular weight excluding hydrogens is 294 g/mol. The van der Waals surface area contributed by atoms with Crippen LogP contribution in [0.25, 0.3) is 0 Å². The molecule has 4 nitrogen and oxygen atoms in total. The summed E-state index contributed by atoms with van der Waals surface area (Å²) in [7, 11) is 0. The zero-order valence-corrected chi connectivity index (χ0v) is 11.8. The highest BCUT2D eigenvalue weighted by atomic mass is 79.9. The van der Waals surface area contributed by atoms with Gasteiger partial charge in [0.05, 0.1) is 0 Å². The van der Waals surface area contributed by atoms with E-state index in [-0.39, 0.29) is 11.9 Å². The minimum atomic E-state index is -0.134. The number of rotatable bonds is 4. The van der Waals surface area contributed by atoms with Crippen molar-refractivity contribution in [1.82, 2.24) is 10.3 Å². The van der Waals surface area contributed by atoms with Gasteiger partial charge in [-0.05, 0) is 46.8 Å². The number of nitrogens with zero attached hydrogens (tertiary/aromatic N) is 1. The monoisotopic (exact) mass is 311 g/mol. The van der Waals surface area contributed by atoms with Gasteiger partial charge in [-0.2, -0.15) is 0 Å². The first-order valence-electron chi connectivity index (χ1n) is 6.33. The molecule has 1 aliphatic carbocycles. The number of halogens is 1. The average Bonchev–Trinajstić information content (AvgIpc) is 2.90. The van der Waals surface area contributed by atoms with Crippen LogP contribution in [0.3, 0.4) is 0 Å². The van der Waals surface area contributed by atoms with Crippen LogP contribution >= 0.6 is 15.9 Å². The lowest BCUT2D eigenvalue weighted by Gasteiger charge is -2.22. The number of nitrogens with one attached hydrogen (secondary N) is 1. The number of carbonyl (C=O) groups excluding carboxylic acids is 1. The van der Waals surface area contributed by atoms with Crippen molar-refractivity contribution in [2.24, 2.45) is 11.7 Å². The summed E-state index contributed by atoms with van der Waals surface area (Å²) in [5.74, 6) is 0.388. The Bertz CT molecular complexity index is 401. The van der Waals surface area contributed by atoms with Crippen LogP contribution in [-0.4, -0.2) is 23.5 Å². The van der Waals surface area contributed by atoms with Gasteiger partial charge in [-0.25, -0.2) is 4.98 Å². The van der Waals surface area contributed by atoms with E-state index in [1.54, 1.807) is 12.3 Å². The van der Waals surface area contributed by atoms with Crippen molar-refractivity contribution in [3.63, 3.8) is 0 Å². The van der Waals surface area contributed by atoms with Crippen LogP contribution in [0.5, 0.6) is 0 Å². The second-order valence-electron chi connectivity index (χ2n) is 4.72. The zero-order valence-electron chi connectivity index (χ0n) is 10.2. The smallest absolute Gasteiger partial charge is 0.270 e. The standard InChI is InChI=1S/C13H18BrN3O/c14-10-5-6-11(16-8-10)13(18)17-12(7-15)9-3-1-2-4-9/h5-6,8-9,12H,1-4,7,15H2,(H,17,18). The molecule has 1 aromatic rings. The van der Waals surface area contributed by atoms with Gasteiger partial charge in [-0.3, -0.25) is 4.79 Å². The topological polar surface area (TPSA) is 68.0 Å². The van der Waals surface area contributed by atoms with Gasteiger partial charge in [0, 0.05) is 23.3 Å². The van der Waals surface area contributed by atoms with E-state index in [9.17, 15) is 4.79 Å². The lowest BCUT2D eigenvalue weighted by Crippen LogP contribution is -2.44. The van der Waals surface area contributed by atoms with E-state index in [4.69, 9.17) is 5.73 Å². The number of hydrogen-bond donors (Lipinski definition) is 2. The fourth-order valence-corrected chi connectivity index (χ4v) is 2.72. The Hall–Kier alpha value is -0.940. The molecule has 2 rings (SSSR count). The Morgan fingerprint density at radius 2 is 2.22 bits per heavy atom. The predicted octanol–water partition coefficient (Wildman–Crippen LogP) is 2.09. The molecule has 0 spiro atoms. The molecule has 1 aromatic heterocycles. The molecule has 1 amide bonds. The zero-order chi connectivity index (χ0) is 13.0. The summed E-state index contributed by atoms with van der Waals surface area (Å²) < 4.78 is 0.866. The maximum atomic E-state index is 12.0. The molecule has 0 aliphatic heterocycles. The first-order chi connectivity index (χ1) is 8.70. The Morgan fingerprint density at radius 3 is 2.78 bits per heavy atom. The third-order valence-corrected chi connectivity index (χ3v) is 3.97. The summed E-state index contributed by atoms with van der Waals surface area (Å²) in [6, 6.07) is 3.60. The molecule has 0 saturated heterocycles. The Kier molecular flexibility index (Phi) is 4.72. The van der Waals surface area contributed by atoms with Gasteiger partial charge in [0.25, 0.3) is 5.91 Å². The molecule has 3 N–H and O–H groups in total. The number of carbonyl (C=O) groups is 1. The second kappa shape index (κ2) is 6.29. The first-order valence-corrected chi connectivity index (χ1v) is 7.12. The first kappa shape index (κ1) is 13.5. The lowest BCUT2D eigenvalue weighted by atomic mass is 9.98. The molecule has 1 aliphatic rings. The SMILES string of the molecule is NCC(NC(=O)c1ccc(Br)cn1)C1CCCC1. The number of amides is 1. The Labute approximate surface area is 115 Å². The van der Waals surface area contributed by atoms with E-state index in [2.05, 4.69) is 26.2 Å². The number of nitrogens with two attached hydrogens (primary N) is 1. The van der Waals surface area contributed by atoms with Crippen LogP contribution in [0.2, 0.25) is 0 Å². The van der Waals surface area contributed by atoms with Gasteiger partial charge in [0.2, 0.25) is 0 Å². The van der Waals surface area contributed by atoms with E-state index in [0.29, 0.717) is 18.2 Å². The van der Waals surface area contributed by atoms with E-state index in [1.165, 1.54) is 12.8 Å². The summed E-state index contributed by atoms with van der Waals surface area (Å²) in [5, 5.41) is 3.00. The Morgan fingerprint density at radius 1 is 1.50 bits per heavy atom. The fraction of sp³-hybridized carbons (Fsp3) is 0.538. The molecule has 5 heteroatoms. The van der Waals surface area contributed by atoms with E-state index < -0.39 is 0 Å². The van der Waals surface area contributed by atoms with Gasteiger partial charge >= 0.3 is 0 Å². The van der Waals surface area contributed by atoms with Crippen molar-refractivity contribution in [1.29, 1.82) is 0 Å². The molecule has 0 bridgehead atoms. The highest BCUT2D eigenvalue weighted by Crippen LogP contribution is 2.27. The van der Waals surface area contributed by atoms with Crippen LogP contribution in [0, 0.1) is 5.92 Å². The average molecular weight is 312 g/mol. The molecule has 0 aromatic carbocycles. The maximum Gasteiger partial charge on any atom is 0.270 e. The van der Waals surface area contributed by atoms with Crippen molar-refractivity contribution in [2.45, 2.75) is 31.7 Å². The largest absolute Gasteiger partial charge is 0.346 e. The molecule has 1 heterocycles. The van der Waals surface area contributed by atoms with Crippen molar-refractivity contribution in [2.75, 3.05) is 6.54 Å². The third kappa shape index (κ3) is 3.29. The van der Waals surface area contributed by atoms with E-state index in [0.717, 1.165) is 17.3 Å². The number of aromatic nitrogens is 1. The number of hydrogen-bond acceptors (Lipinski definition) is 3. The lowest BCUT2D eigenvalue weighted by molar-refractivity contribution is 0.0919. The molecule has 1 saturated carbocycles. The highest BCUT2D eigenvalue weighted by Gasteiger charge is 2.25. The Balaban J connectivity index is 1.98. The highest BCUT2D eigenvalue weighted by molar-refractivity contribution is 9.10. The maximum absolute atomic E-state index is 12.0. The van der Waals surface area contributed by atoms with Crippen LogP contribution in [-0.2, 0) is 0 Å². The van der Waals surface area contributed by atoms with Crippen molar-refractivity contribution in [3.8, 4) is 0 Å². The van der Waals surface area contributed by atoms with Crippen LogP contribution in [0.4, 0.5) is 0 Å². The van der Waals surface area contributed by atoms with E-state index in [1.807, 2.05) is 6.07 Å². The normalized spacial score (nSPS) is 17.7. The fourth-order valence-electron chi connectivity index (χ4n) is 2.48. The molecule has 0 radical (unpaired) electrons. The van der Waals surface area contributed by atoms with Crippen LogP contribution < -0.4 is 11.1 Å². The van der Waals surface area contributed by atoms with Gasteiger partial charge in [-0.15, -0.1) is 0 Å². The summed E-state index contributed by atoms with van der Waals surface area (Å²) in [5.41, 5.74) is 6.20. The summed E-state index contributed by atoms with van der Waals surface area (Å²) in [6.07, 6.45) is 6.44. The summed E-state index contributed by atoms with van der Waals surface area (Å²) in [6.45, 7) is 0.493. The van der Waals surface area contributed by atoms with Gasteiger partial charge in [-0.1, -0.05) is 12.8 Å². The van der Waals surface area contributed by atoms with Crippen LogP contribution in [0.15, 0.2) is 22.8 Å². The van der Waals surface area contributed by atoms with Crippen molar-refractivity contribution >= 4 is 21.8 Å². The summed E-state index contributed by atoms with van der Waals surface area (Å²) in [4.78, 5) is 16.1. The van der Waals surface area contributed by atoms with Crippen LogP contribution in [0.1, 0.15) is 36.2 Å². The minimum absolute atomic E-state index is 0.0745. The molecule has 1 atom stereocenters. The van der Waals surface area contributed by atoms with Crippen molar-refractivity contribution < 1.29 is 4.79 Å². The minimum Gasteiger partial charge on any atom is -0.346 e. The predicted molar refractivity (Wildman–Crippen MR) is 74.2 cm³/mol. The summed E-state index contributed by atoms with van der Waals surface area (Å²) >= 11 is 3.30. The van der Waals surface area contributed by atoms with E-state index >= 15 is 0 Å². The molecule has 98 valence electrons. The van der Waals surface area contributed by atoms with Gasteiger partial charge < -0.3 is 11.1 Å². The van der Waals surface area contributed by atoms with Crippen molar-refractivity contribution in [3.05, 3.63) is 28.5 Å². The molecule has 1 unspecified atom stereocenters. The molecule has 18 heavy (non-hydrogen) atoms.